The third kappa shape index (κ3) is 7.70. The molecule has 0 saturated carbocycles. The van der Waals surface area contributed by atoms with Crippen LogP contribution in [0.3, 0.4) is 0 Å². The van der Waals surface area contributed by atoms with Gasteiger partial charge in [-0.15, -0.1) is 0 Å². The highest BCUT2D eigenvalue weighted by molar-refractivity contribution is 5.52. The first-order valence-electron chi connectivity index (χ1n) is 12.1. The summed E-state index contributed by atoms with van der Waals surface area (Å²) in [7, 11) is 0. The number of benzene rings is 3. The zero-order valence-corrected chi connectivity index (χ0v) is 21.9. The van der Waals surface area contributed by atoms with E-state index in [0.29, 0.717) is 23.1 Å². The summed E-state index contributed by atoms with van der Waals surface area (Å²) in [5.74, 6) is -18.6. The Morgan fingerprint density at radius 3 is 1.64 bits per heavy atom. The zero-order chi connectivity index (χ0) is 34.2. The summed E-state index contributed by atoms with van der Waals surface area (Å²) in [6.07, 6.45) is -21.0. The first-order chi connectivity index (χ1) is 20.4. The Hall–Kier alpha value is -3.83. The monoisotopic (exact) mass is 673 g/mol. The SMILES string of the molecule is OC(CN(Cc1cccc(C(F)(F)C(F)(F)C(F)(F)F)c1)c1cccc(Oc2cccc(C(F)(F)C(F)(F)F)c2)c1)C(F)(F)F. The van der Waals surface area contributed by atoms with Crippen molar-refractivity contribution in [2.45, 2.75) is 48.9 Å². The number of halogens is 15. The first kappa shape index (κ1) is 35.6. The number of ether oxygens (including phenoxy) is 1. The van der Waals surface area contributed by atoms with Crippen LogP contribution in [0.25, 0.3) is 0 Å². The normalized spacial score (nSPS) is 14.3. The predicted octanol–water partition coefficient (Wildman–Crippen LogP) is 9.35. The van der Waals surface area contributed by atoms with E-state index in [4.69, 9.17) is 4.74 Å². The molecule has 3 nitrogen and oxygen atoms in total. The van der Waals surface area contributed by atoms with Gasteiger partial charge in [-0.05, 0) is 35.9 Å². The van der Waals surface area contributed by atoms with Gasteiger partial charge in [0.2, 0.25) is 0 Å². The number of hydrogen-bond acceptors (Lipinski definition) is 3. The summed E-state index contributed by atoms with van der Waals surface area (Å²) in [4.78, 5) is 0.651. The summed E-state index contributed by atoms with van der Waals surface area (Å²) in [5, 5.41) is 9.65. The molecule has 3 aromatic rings. The summed E-state index contributed by atoms with van der Waals surface area (Å²) in [6, 6.07) is 8.72. The minimum atomic E-state index is -6.67. The number of nitrogens with zero attached hydrogens (tertiary/aromatic N) is 1. The second-order valence-electron chi connectivity index (χ2n) is 9.48. The van der Waals surface area contributed by atoms with Crippen LogP contribution in [-0.2, 0) is 18.4 Å². The van der Waals surface area contributed by atoms with Crippen LogP contribution in [0.2, 0.25) is 0 Å². The number of aliphatic hydroxyl groups is 1. The van der Waals surface area contributed by atoms with Crippen LogP contribution in [0.4, 0.5) is 71.5 Å². The molecule has 0 fully saturated rings. The lowest BCUT2D eigenvalue weighted by Crippen LogP contribution is -2.50. The lowest BCUT2D eigenvalue weighted by atomic mass is 9.99. The average molecular weight is 673 g/mol. The maximum absolute atomic E-state index is 14.3. The van der Waals surface area contributed by atoms with Crippen molar-refractivity contribution in [1.82, 2.24) is 0 Å². The Morgan fingerprint density at radius 1 is 0.600 bits per heavy atom. The van der Waals surface area contributed by atoms with Crippen LogP contribution in [0.15, 0.2) is 72.8 Å². The fourth-order valence-electron chi connectivity index (χ4n) is 3.82. The van der Waals surface area contributed by atoms with Gasteiger partial charge in [0.25, 0.3) is 0 Å². The lowest BCUT2D eigenvalue weighted by molar-refractivity contribution is -0.359. The Kier molecular flexibility index (Phi) is 9.64. The smallest absolute Gasteiger partial charge is 0.457 e. The Morgan fingerprint density at radius 2 is 1.11 bits per heavy atom. The molecule has 1 atom stereocenters. The van der Waals surface area contributed by atoms with Crippen molar-refractivity contribution in [3.63, 3.8) is 0 Å². The summed E-state index contributed by atoms with van der Waals surface area (Å²) in [6.45, 7) is -2.25. The summed E-state index contributed by atoms with van der Waals surface area (Å²) in [5.41, 5.74) is -4.16. The van der Waals surface area contributed by atoms with E-state index in [9.17, 15) is 71.0 Å². The molecule has 0 heterocycles. The van der Waals surface area contributed by atoms with E-state index < -0.39 is 77.9 Å². The summed E-state index contributed by atoms with van der Waals surface area (Å²) < 4.78 is 204. The Balaban J connectivity index is 1.98. The van der Waals surface area contributed by atoms with Gasteiger partial charge in [0.1, 0.15) is 11.5 Å². The fraction of sp³-hybridized carbons (Fsp3) is 0.333. The van der Waals surface area contributed by atoms with Crippen molar-refractivity contribution in [3.8, 4) is 11.5 Å². The molecule has 0 amide bonds. The van der Waals surface area contributed by atoms with Gasteiger partial charge in [-0.2, -0.15) is 65.9 Å². The van der Waals surface area contributed by atoms with Gasteiger partial charge in [0.05, 0.1) is 6.54 Å². The molecule has 18 heteroatoms. The molecule has 1 N–H and O–H groups in total. The lowest BCUT2D eigenvalue weighted by Gasteiger charge is -2.30. The molecular formula is C27H18F15NO2. The van der Waals surface area contributed by atoms with Crippen LogP contribution in [0.5, 0.6) is 11.5 Å². The third-order valence-electron chi connectivity index (χ3n) is 6.16. The van der Waals surface area contributed by atoms with Crippen LogP contribution >= 0.6 is 0 Å². The maximum atomic E-state index is 14.3. The largest absolute Gasteiger partial charge is 0.460 e. The number of hydrogen-bond donors (Lipinski definition) is 1. The Labute approximate surface area is 243 Å². The number of anilines is 1. The highest BCUT2D eigenvalue weighted by atomic mass is 19.4. The van der Waals surface area contributed by atoms with Crippen molar-refractivity contribution < 1.29 is 75.7 Å². The molecule has 0 aliphatic carbocycles. The Bertz CT molecular complexity index is 1470. The average Bonchev–Trinajstić information content (AvgIpc) is 2.91. The zero-order valence-electron chi connectivity index (χ0n) is 21.9. The molecule has 0 aromatic heterocycles. The van der Waals surface area contributed by atoms with E-state index in [1.165, 1.54) is 0 Å². The van der Waals surface area contributed by atoms with E-state index >= 15 is 0 Å². The predicted molar refractivity (Wildman–Crippen MR) is 127 cm³/mol. The molecule has 0 aliphatic rings. The number of rotatable bonds is 10. The molecule has 0 bridgehead atoms. The van der Waals surface area contributed by atoms with Gasteiger partial charge >= 0.3 is 36.3 Å². The minimum Gasteiger partial charge on any atom is -0.457 e. The molecule has 1 unspecified atom stereocenters. The van der Waals surface area contributed by atoms with Crippen molar-refractivity contribution >= 4 is 5.69 Å². The van der Waals surface area contributed by atoms with Gasteiger partial charge in [-0.25, -0.2) is 0 Å². The van der Waals surface area contributed by atoms with Crippen molar-refractivity contribution in [1.29, 1.82) is 0 Å². The maximum Gasteiger partial charge on any atom is 0.460 e. The molecule has 3 aromatic carbocycles. The number of aliphatic hydroxyl groups excluding tert-OH is 1. The fourth-order valence-corrected chi connectivity index (χ4v) is 3.82. The van der Waals surface area contributed by atoms with Gasteiger partial charge in [0.15, 0.2) is 6.10 Å². The van der Waals surface area contributed by atoms with Crippen molar-refractivity contribution in [3.05, 3.63) is 89.5 Å². The summed E-state index contributed by atoms with van der Waals surface area (Å²) >= 11 is 0. The quantitative estimate of drug-likeness (QED) is 0.218. The highest BCUT2D eigenvalue weighted by Gasteiger charge is 2.73. The van der Waals surface area contributed by atoms with E-state index in [-0.39, 0.29) is 23.6 Å². The molecule has 45 heavy (non-hydrogen) atoms. The number of alkyl halides is 15. The molecule has 0 spiro atoms. The van der Waals surface area contributed by atoms with Gasteiger partial charge in [0, 0.05) is 29.4 Å². The van der Waals surface area contributed by atoms with Gasteiger partial charge < -0.3 is 14.7 Å². The van der Waals surface area contributed by atoms with Crippen molar-refractivity contribution in [2.75, 3.05) is 11.4 Å². The minimum absolute atomic E-state index is 0.194. The van der Waals surface area contributed by atoms with E-state index in [0.717, 1.165) is 42.5 Å². The van der Waals surface area contributed by atoms with Crippen LogP contribution in [0, 0.1) is 0 Å². The van der Waals surface area contributed by atoms with E-state index in [1.54, 1.807) is 0 Å². The van der Waals surface area contributed by atoms with Crippen molar-refractivity contribution in [2.24, 2.45) is 0 Å². The second kappa shape index (κ2) is 12.2. The highest BCUT2D eigenvalue weighted by Crippen LogP contribution is 2.52. The van der Waals surface area contributed by atoms with Crippen LogP contribution < -0.4 is 9.64 Å². The van der Waals surface area contributed by atoms with E-state index in [1.807, 2.05) is 0 Å². The topological polar surface area (TPSA) is 32.7 Å². The molecule has 0 aliphatic heterocycles. The van der Waals surface area contributed by atoms with Crippen LogP contribution in [0.1, 0.15) is 16.7 Å². The molecular weight excluding hydrogens is 655 g/mol. The third-order valence-corrected chi connectivity index (χ3v) is 6.16. The molecule has 0 radical (unpaired) electrons. The first-order valence-corrected chi connectivity index (χ1v) is 12.1. The van der Waals surface area contributed by atoms with E-state index in [2.05, 4.69) is 0 Å². The standard InChI is InChI=1S/C27H18F15NO2/c28-22(29,25(35,36)27(40,41)42)16-5-1-4-15(10-16)13-43(14-21(44)24(32,33)34)18-7-3-9-20(12-18)45-19-8-2-6-17(11-19)23(30,31)26(37,38)39/h1-12,21,44H,13-14H2. The molecule has 0 saturated heterocycles. The van der Waals surface area contributed by atoms with Gasteiger partial charge in [-0.1, -0.05) is 36.4 Å². The second-order valence-corrected chi connectivity index (χ2v) is 9.48. The molecule has 3 rings (SSSR count). The molecule has 248 valence electrons. The van der Waals surface area contributed by atoms with Gasteiger partial charge in [-0.3, -0.25) is 0 Å². The van der Waals surface area contributed by atoms with Crippen LogP contribution in [-0.4, -0.2) is 42.2 Å².